The smallest absolute Gasteiger partial charge is 0.232 e. The van der Waals surface area contributed by atoms with Gasteiger partial charge in [-0.25, -0.2) is 0 Å². The maximum Gasteiger partial charge on any atom is 0.232 e. The van der Waals surface area contributed by atoms with Crippen molar-refractivity contribution < 1.29 is 9.00 Å². The lowest BCUT2D eigenvalue weighted by molar-refractivity contribution is -0.117. The maximum atomic E-state index is 12.4. The summed E-state index contributed by atoms with van der Waals surface area (Å²) in [5.41, 5.74) is 1.84. The minimum Gasteiger partial charge on any atom is -0.326 e. The van der Waals surface area contributed by atoms with Crippen LogP contribution in [0.5, 0.6) is 0 Å². The van der Waals surface area contributed by atoms with Gasteiger partial charge in [-0.05, 0) is 35.9 Å². The molecule has 0 saturated carbocycles. The van der Waals surface area contributed by atoms with Gasteiger partial charge < -0.3 is 5.32 Å². The van der Waals surface area contributed by atoms with E-state index in [9.17, 15) is 9.00 Å². The number of benzene rings is 2. The minimum absolute atomic E-state index is 0.0119. The summed E-state index contributed by atoms with van der Waals surface area (Å²) in [6.45, 7) is 0. The summed E-state index contributed by atoms with van der Waals surface area (Å²) in [7, 11) is -0.998. The van der Waals surface area contributed by atoms with Gasteiger partial charge in [0.15, 0.2) is 0 Å². The van der Waals surface area contributed by atoms with Gasteiger partial charge >= 0.3 is 0 Å². The van der Waals surface area contributed by atoms with E-state index in [1.54, 1.807) is 42.3 Å². The molecule has 2 aromatic carbocycles. The average Bonchev–Trinajstić information content (AvgIpc) is 2.92. The molecule has 2 aromatic rings. The second kappa shape index (κ2) is 6.03. The van der Waals surface area contributed by atoms with Crippen LogP contribution in [-0.4, -0.2) is 22.1 Å². The molecule has 3 rings (SSSR count). The van der Waals surface area contributed by atoms with Crippen LogP contribution >= 0.6 is 11.8 Å². The molecule has 0 spiro atoms. The van der Waals surface area contributed by atoms with E-state index in [4.69, 9.17) is 0 Å². The molecule has 0 fully saturated rings. The van der Waals surface area contributed by atoms with Crippen molar-refractivity contribution in [3.05, 3.63) is 54.1 Å². The molecule has 0 aliphatic carbocycles. The molecule has 0 bridgehead atoms. The fraction of sp³-hybridized carbons (Fsp3) is 0.188. The number of fused-ring (bicyclic) bond motifs is 1. The van der Waals surface area contributed by atoms with Gasteiger partial charge in [-0.15, -0.1) is 11.8 Å². The highest BCUT2D eigenvalue weighted by molar-refractivity contribution is 7.99. The van der Waals surface area contributed by atoms with Crippen LogP contribution in [-0.2, 0) is 15.6 Å². The number of nitrogens with one attached hydrogen (secondary N) is 1. The van der Waals surface area contributed by atoms with Crippen molar-refractivity contribution in [1.82, 2.24) is 0 Å². The molecule has 2 atom stereocenters. The Morgan fingerprint density at radius 3 is 2.62 bits per heavy atom. The maximum absolute atomic E-state index is 12.4. The molecule has 3 nitrogen and oxygen atoms in total. The standard InChI is InChI=1S/C16H15NO2S2/c1-21(19)12-8-6-11(7-9-12)17-16(18)14-10-20-15-5-3-2-4-13(14)15/h2-9,14H,10H2,1H3,(H,17,18)/t14-,21-/m0/s1. The van der Waals surface area contributed by atoms with Crippen LogP contribution in [0.3, 0.4) is 0 Å². The molecule has 1 heterocycles. The van der Waals surface area contributed by atoms with Crippen molar-refractivity contribution in [1.29, 1.82) is 0 Å². The second-order valence-corrected chi connectivity index (χ2v) is 7.31. The molecule has 1 aliphatic rings. The fourth-order valence-electron chi connectivity index (χ4n) is 2.34. The van der Waals surface area contributed by atoms with Crippen molar-refractivity contribution >= 4 is 34.2 Å². The Bertz CT molecular complexity index is 698. The summed E-state index contributed by atoms with van der Waals surface area (Å²) < 4.78 is 11.3. The van der Waals surface area contributed by atoms with Crippen LogP contribution in [0.15, 0.2) is 58.3 Å². The zero-order valence-corrected chi connectivity index (χ0v) is 13.2. The molecule has 0 radical (unpaired) electrons. The Labute approximate surface area is 130 Å². The Morgan fingerprint density at radius 2 is 1.90 bits per heavy atom. The highest BCUT2D eigenvalue weighted by Crippen LogP contribution is 2.39. The monoisotopic (exact) mass is 317 g/mol. The van der Waals surface area contributed by atoms with Gasteiger partial charge in [0.05, 0.1) is 5.92 Å². The summed E-state index contributed by atoms with van der Waals surface area (Å²) >= 11 is 1.72. The van der Waals surface area contributed by atoms with E-state index in [1.165, 1.54) is 4.90 Å². The molecular weight excluding hydrogens is 302 g/mol. The quantitative estimate of drug-likeness (QED) is 0.945. The van der Waals surface area contributed by atoms with E-state index in [0.29, 0.717) is 0 Å². The molecule has 108 valence electrons. The molecule has 5 heteroatoms. The summed E-state index contributed by atoms with van der Waals surface area (Å²) in [4.78, 5) is 14.4. The van der Waals surface area contributed by atoms with Crippen LogP contribution in [0.1, 0.15) is 11.5 Å². The average molecular weight is 317 g/mol. The van der Waals surface area contributed by atoms with Crippen LogP contribution < -0.4 is 5.32 Å². The third kappa shape index (κ3) is 3.04. The summed E-state index contributed by atoms with van der Waals surface area (Å²) in [5, 5.41) is 2.94. The van der Waals surface area contributed by atoms with Crippen molar-refractivity contribution in [2.24, 2.45) is 0 Å². The molecule has 21 heavy (non-hydrogen) atoms. The number of anilines is 1. The van der Waals surface area contributed by atoms with Gasteiger partial charge in [0.2, 0.25) is 5.91 Å². The van der Waals surface area contributed by atoms with Crippen LogP contribution in [0.4, 0.5) is 5.69 Å². The van der Waals surface area contributed by atoms with Crippen LogP contribution in [0, 0.1) is 0 Å². The number of hydrogen-bond acceptors (Lipinski definition) is 3. The largest absolute Gasteiger partial charge is 0.326 e. The van der Waals surface area contributed by atoms with Gasteiger partial charge in [-0.1, -0.05) is 18.2 Å². The highest BCUT2D eigenvalue weighted by Gasteiger charge is 2.28. The van der Waals surface area contributed by atoms with Crippen molar-refractivity contribution in [2.45, 2.75) is 15.7 Å². The van der Waals surface area contributed by atoms with E-state index in [1.807, 2.05) is 18.2 Å². The summed E-state index contributed by atoms with van der Waals surface area (Å²) in [6, 6.07) is 15.2. The second-order valence-electron chi connectivity index (χ2n) is 4.87. The summed E-state index contributed by atoms with van der Waals surface area (Å²) in [6.07, 6.45) is 1.64. The number of hydrogen-bond donors (Lipinski definition) is 1. The Hall–Kier alpha value is -1.59. The first-order chi connectivity index (χ1) is 10.1. The number of carbonyl (C=O) groups excluding carboxylic acids is 1. The Kier molecular flexibility index (Phi) is 4.12. The Morgan fingerprint density at radius 1 is 1.19 bits per heavy atom. The predicted molar refractivity (Wildman–Crippen MR) is 87.3 cm³/mol. The lowest BCUT2D eigenvalue weighted by Gasteiger charge is -2.11. The lowest BCUT2D eigenvalue weighted by Crippen LogP contribution is -2.20. The molecule has 1 aliphatic heterocycles. The van der Waals surface area contributed by atoms with Crippen LogP contribution in [0.2, 0.25) is 0 Å². The Balaban J connectivity index is 1.74. The third-order valence-corrected chi connectivity index (χ3v) is 5.59. The number of rotatable bonds is 3. The number of amides is 1. The van der Waals surface area contributed by atoms with Crippen LogP contribution in [0.25, 0.3) is 0 Å². The van der Waals surface area contributed by atoms with Crippen molar-refractivity contribution in [3.8, 4) is 0 Å². The SMILES string of the molecule is C[S@](=O)c1ccc(NC(=O)[C@H]2CSc3ccccc32)cc1. The number of thioether (sulfide) groups is 1. The van der Waals surface area contributed by atoms with Crippen molar-refractivity contribution in [3.63, 3.8) is 0 Å². The van der Waals surface area contributed by atoms with Crippen molar-refractivity contribution in [2.75, 3.05) is 17.3 Å². The molecular formula is C16H15NO2S2. The normalized spacial score (nSPS) is 18.0. The zero-order chi connectivity index (χ0) is 14.8. The first kappa shape index (κ1) is 14.4. The molecule has 0 unspecified atom stereocenters. The highest BCUT2D eigenvalue weighted by atomic mass is 32.2. The topological polar surface area (TPSA) is 46.2 Å². The van der Waals surface area contributed by atoms with Gasteiger partial charge in [-0.3, -0.25) is 9.00 Å². The van der Waals surface area contributed by atoms with Gasteiger partial charge in [0.25, 0.3) is 0 Å². The third-order valence-electron chi connectivity index (χ3n) is 3.47. The first-order valence-corrected chi connectivity index (χ1v) is 9.15. The van der Waals surface area contributed by atoms with E-state index in [0.717, 1.165) is 21.9 Å². The minimum atomic E-state index is -0.998. The number of carbonyl (C=O) groups is 1. The predicted octanol–water partition coefficient (Wildman–Crippen LogP) is 3.25. The van der Waals surface area contributed by atoms with E-state index < -0.39 is 10.8 Å². The fourth-order valence-corrected chi connectivity index (χ4v) is 4.09. The first-order valence-electron chi connectivity index (χ1n) is 6.61. The van der Waals surface area contributed by atoms with Gasteiger partial charge in [0, 0.05) is 38.3 Å². The lowest BCUT2D eigenvalue weighted by atomic mass is 10.0. The molecule has 0 saturated heterocycles. The van der Waals surface area contributed by atoms with Gasteiger partial charge in [0.1, 0.15) is 0 Å². The van der Waals surface area contributed by atoms with Gasteiger partial charge in [-0.2, -0.15) is 0 Å². The molecule has 1 N–H and O–H groups in total. The van der Waals surface area contributed by atoms with E-state index in [2.05, 4.69) is 11.4 Å². The molecule has 1 amide bonds. The van der Waals surface area contributed by atoms with E-state index in [-0.39, 0.29) is 11.8 Å². The zero-order valence-electron chi connectivity index (χ0n) is 11.5. The summed E-state index contributed by atoms with van der Waals surface area (Å²) in [5.74, 6) is 0.686. The van der Waals surface area contributed by atoms with E-state index >= 15 is 0 Å². The molecule has 0 aromatic heterocycles.